The summed E-state index contributed by atoms with van der Waals surface area (Å²) in [4.78, 5) is 21.9. The molecule has 2 aliphatic rings. The summed E-state index contributed by atoms with van der Waals surface area (Å²) in [6.07, 6.45) is 3.32. The number of piperidine rings is 2. The molecule has 4 rings (SSSR count). The monoisotopic (exact) mass is 369 g/mol. The maximum atomic E-state index is 12.8. The summed E-state index contributed by atoms with van der Waals surface area (Å²) in [6.45, 7) is 6.12. The molecule has 2 fully saturated rings. The molecule has 1 aromatic heterocycles. The summed E-state index contributed by atoms with van der Waals surface area (Å²) in [6, 6.07) is 10.3. The summed E-state index contributed by atoms with van der Waals surface area (Å²) in [7, 11) is 1.98. The van der Waals surface area contributed by atoms with Crippen molar-refractivity contribution in [2.24, 2.45) is 5.41 Å². The zero-order valence-electron chi connectivity index (χ0n) is 15.6. The molecule has 3 heterocycles. The number of hydrogen-bond donors (Lipinski definition) is 0. The van der Waals surface area contributed by atoms with Crippen LogP contribution in [0.15, 0.2) is 35.7 Å². The molecule has 1 amide bonds. The van der Waals surface area contributed by atoms with E-state index in [-0.39, 0.29) is 17.2 Å². The van der Waals surface area contributed by atoms with E-state index in [2.05, 4.69) is 34.3 Å². The van der Waals surface area contributed by atoms with Crippen LogP contribution in [0.25, 0.3) is 0 Å². The van der Waals surface area contributed by atoms with Crippen LogP contribution in [0.1, 0.15) is 41.4 Å². The molecule has 0 aliphatic carbocycles. The molecule has 138 valence electrons. The van der Waals surface area contributed by atoms with Crippen molar-refractivity contribution in [2.45, 2.75) is 38.6 Å². The van der Waals surface area contributed by atoms with Gasteiger partial charge in [0.25, 0.3) is 0 Å². The van der Waals surface area contributed by atoms with Gasteiger partial charge in [-0.15, -0.1) is 11.3 Å². The zero-order chi connectivity index (χ0) is 18.1. The maximum Gasteiger partial charge on any atom is 0.229 e. The molecule has 1 spiro atoms. The van der Waals surface area contributed by atoms with Crippen LogP contribution in [0.3, 0.4) is 0 Å². The van der Waals surface area contributed by atoms with Crippen LogP contribution >= 0.6 is 11.3 Å². The summed E-state index contributed by atoms with van der Waals surface area (Å²) in [5.41, 5.74) is 2.63. The van der Waals surface area contributed by atoms with Crippen LogP contribution < -0.4 is 0 Å². The van der Waals surface area contributed by atoms with Crippen molar-refractivity contribution in [1.82, 2.24) is 14.8 Å². The summed E-state index contributed by atoms with van der Waals surface area (Å²) in [5.74, 6) is 0.296. The van der Waals surface area contributed by atoms with E-state index in [0.29, 0.717) is 0 Å². The van der Waals surface area contributed by atoms with Crippen LogP contribution in [0, 0.1) is 12.3 Å². The quantitative estimate of drug-likeness (QED) is 0.828. The van der Waals surface area contributed by atoms with E-state index < -0.39 is 0 Å². The molecule has 0 unspecified atom stereocenters. The second-order valence-electron chi connectivity index (χ2n) is 8.00. The van der Waals surface area contributed by atoms with Crippen molar-refractivity contribution >= 4 is 17.2 Å². The molecule has 4 nitrogen and oxygen atoms in total. The minimum absolute atomic E-state index is 0.0164. The van der Waals surface area contributed by atoms with Gasteiger partial charge in [0.05, 0.1) is 16.6 Å². The van der Waals surface area contributed by atoms with E-state index in [1.54, 1.807) is 11.3 Å². The second kappa shape index (κ2) is 7.12. The average Bonchev–Trinajstić information content (AvgIpc) is 3.06. The molecule has 5 heteroatoms. The largest absolute Gasteiger partial charge is 0.345 e. The zero-order valence-corrected chi connectivity index (χ0v) is 16.5. The first-order valence-electron chi connectivity index (χ1n) is 9.48. The number of carbonyl (C=O) groups excluding carboxylic acids is 1. The standard InChI is InChI=1S/C21H27N3OS/c1-16-22-18(14-26-16)13-24-10-8-21(9-11-24)12-19(20(25)23(2)15-21)17-6-4-3-5-7-17/h3-7,14,19H,8-13,15H2,1-2H3/t19-/m0/s1. The second-order valence-corrected chi connectivity index (χ2v) is 9.06. The number of carbonyl (C=O) groups is 1. The van der Waals surface area contributed by atoms with Crippen LogP contribution in [0.4, 0.5) is 0 Å². The summed E-state index contributed by atoms with van der Waals surface area (Å²) < 4.78 is 0. The van der Waals surface area contributed by atoms with Gasteiger partial charge in [0, 0.05) is 25.5 Å². The van der Waals surface area contributed by atoms with Gasteiger partial charge >= 0.3 is 0 Å². The van der Waals surface area contributed by atoms with Crippen LogP contribution in [-0.4, -0.2) is 47.4 Å². The van der Waals surface area contributed by atoms with E-state index >= 15 is 0 Å². The predicted molar refractivity (Wildman–Crippen MR) is 105 cm³/mol. The Balaban J connectivity index is 1.44. The van der Waals surface area contributed by atoms with Gasteiger partial charge in [-0.3, -0.25) is 9.69 Å². The number of nitrogens with zero attached hydrogens (tertiary/aromatic N) is 3. The smallest absolute Gasteiger partial charge is 0.229 e. The Hall–Kier alpha value is -1.72. The molecule has 26 heavy (non-hydrogen) atoms. The fraction of sp³-hybridized carbons (Fsp3) is 0.524. The molecule has 1 atom stereocenters. The van der Waals surface area contributed by atoms with Gasteiger partial charge in [-0.25, -0.2) is 4.98 Å². The fourth-order valence-corrected chi connectivity index (χ4v) is 5.24. The van der Waals surface area contributed by atoms with Gasteiger partial charge in [0.2, 0.25) is 5.91 Å². The molecular formula is C21H27N3OS. The van der Waals surface area contributed by atoms with Gasteiger partial charge in [-0.05, 0) is 50.3 Å². The minimum atomic E-state index is 0.0164. The Morgan fingerprint density at radius 1 is 1.23 bits per heavy atom. The van der Waals surface area contributed by atoms with Crippen LogP contribution in [0.5, 0.6) is 0 Å². The van der Waals surface area contributed by atoms with Crippen molar-refractivity contribution < 1.29 is 4.79 Å². The third-order valence-corrected chi connectivity index (χ3v) is 6.88. The van der Waals surface area contributed by atoms with E-state index in [0.717, 1.165) is 50.4 Å². The lowest BCUT2D eigenvalue weighted by atomic mass is 9.68. The highest BCUT2D eigenvalue weighted by Gasteiger charge is 2.44. The highest BCUT2D eigenvalue weighted by atomic mass is 32.1. The molecule has 2 aromatic rings. The van der Waals surface area contributed by atoms with Crippen molar-refractivity contribution in [2.75, 3.05) is 26.7 Å². The number of aromatic nitrogens is 1. The van der Waals surface area contributed by atoms with Crippen molar-refractivity contribution in [1.29, 1.82) is 0 Å². The van der Waals surface area contributed by atoms with Gasteiger partial charge < -0.3 is 4.90 Å². The molecule has 2 aliphatic heterocycles. The number of aryl methyl sites for hydroxylation is 1. The van der Waals surface area contributed by atoms with E-state index in [9.17, 15) is 4.79 Å². The highest BCUT2D eigenvalue weighted by molar-refractivity contribution is 7.09. The normalized spacial score (nSPS) is 23.5. The Labute approximate surface area is 159 Å². The first-order valence-corrected chi connectivity index (χ1v) is 10.4. The molecule has 1 aromatic carbocycles. The lowest BCUT2D eigenvalue weighted by Gasteiger charge is -2.49. The average molecular weight is 370 g/mol. The first kappa shape index (κ1) is 17.7. The Kier molecular flexibility index (Phi) is 4.84. The van der Waals surface area contributed by atoms with E-state index in [4.69, 9.17) is 0 Å². The molecule has 0 radical (unpaired) electrons. The van der Waals surface area contributed by atoms with E-state index in [1.807, 2.05) is 30.1 Å². The molecule has 0 N–H and O–H groups in total. The van der Waals surface area contributed by atoms with Gasteiger partial charge in [0.15, 0.2) is 0 Å². The molecule has 0 saturated carbocycles. The lowest BCUT2D eigenvalue weighted by Crippen LogP contribution is -2.52. The fourth-order valence-electron chi connectivity index (χ4n) is 4.64. The number of rotatable bonds is 3. The Morgan fingerprint density at radius 3 is 2.62 bits per heavy atom. The van der Waals surface area contributed by atoms with E-state index in [1.165, 1.54) is 11.3 Å². The van der Waals surface area contributed by atoms with Crippen molar-refractivity contribution in [3.8, 4) is 0 Å². The molecule has 2 saturated heterocycles. The predicted octanol–water partition coefficient (Wildman–Crippen LogP) is 3.68. The summed E-state index contributed by atoms with van der Waals surface area (Å²) in [5, 5.41) is 3.32. The topological polar surface area (TPSA) is 36.4 Å². The van der Waals surface area contributed by atoms with Crippen molar-refractivity contribution in [3.05, 3.63) is 52.0 Å². The first-order chi connectivity index (χ1) is 12.5. The van der Waals surface area contributed by atoms with Crippen molar-refractivity contribution in [3.63, 3.8) is 0 Å². The molecular weight excluding hydrogens is 342 g/mol. The van der Waals surface area contributed by atoms with Crippen LogP contribution in [0.2, 0.25) is 0 Å². The number of hydrogen-bond acceptors (Lipinski definition) is 4. The van der Waals surface area contributed by atoms with Gasteiger partial charge in [0.1, 0.15) is 0 Å². The van der Waals surface area contributed by atoms with Gasteiger partial charge in [-0.1, -0.05) is 30.3 Å². The van der Waals surface area contributed by atoms with Crippen LogP contribution in [-0.2, 0) is 11.3 Å². The third-order valence-electron chi connectivity index (χ3n) is 6.05. The number of likely N-dealkylation sites (N-methyl/N-ethyl adjacent to an activating group) is 1. The third kappa shape index (κ3) is 3.55. The SMILES string of the molecule is Cc1nc(CN2CCC3(CC2)C[C@@H](c2ccccc2)C(=O)N(C)C3)cs1. The number of benzene rings is 1. The Bertz CT molecular complexity index is 765. The lowest BCUT2D eigenvalue weighted by molar-refractivity contribution is -0.139. The highest BCUT2D eigenvalue weighted by Crippen LogP contribution is 2.45. The molecule has 0 bridgehead atoms. The van der Waals surface area contributed by atoms with Gasteiger partial charge in [-0.2, -0.15) is 0 Å². The number of amides is 1. The number of likely N-dealkylation sites (tertiary alicyclic amines) is 2. The summed E-state index contributed by atoms with van der Waals surface area (Å²) >= 11 is 1.73. The Morgan fingerprint density at radius 2 is 1.96 bits per heavy atom. The number of thiazole rings is 1. The maximum absolute atomic E-state index is 12.8. The minimum Gasteiger partial charge on any atom is -0.345 e.